The van der Waals surface area contributed by atoms with Crippen molar-refractivity contribution in [1.82, 2.24) is 9.78 Å². The quantitative estimate of drug-likeness (QED) is 0.702. The van der Waals surface area contributed by atoms with E-state index in [4.69, 9.17) is 5.73 Å². The molecule has 0 aliphatic carbocycles. The second-order valence-corrected chi connectivity index (χ2v) is 6.02. The Balaban J connectivity index is 1.80. The van der Waals surface area contributed by atoms with Gasteiger partial charge in [0.05, 0.1) is 11.4 Å². The van der Waals surface area contributed by atoms with E-state index in [2.05, 4.69) is 5.10 Å². The monoisotopic (exact) mass is 318 g/mol. The van der Waals surface area contributed by atoms with Gasteiger partial charge in [-0.05, 0) is 42.3 Å². The van der Waals surface area contributed by atoms with Crippen LogP contribution in [0.15, 0.2) is 54.7 Å². The van der Waals surface area contributed by atoms with Gasteiger partial charge in [-0.15, -0.1) is 0 Å². The summed E-state index contributed by atoms with van der Waals surface area (Å²) in [5.41, 5.74) is 11.0. The van der Waals surface area contributed by atoms with Crippen molar-refractivity contribution >= 4 is 17.3 Å². The predicted octanol–water partition coefficient (Wildman–Crippen LogP) is 2.87. The lowest BCUT2D eigenvalue weighted by molar-refractivity contribution is 0.0987. The summed E-state index contributed by atoms with van der Waals surface area (Å²) >= 11 is 0. The van der Waals surface area contributed by atoms with Crippen molar-refractivity contribution in [1.29, 1.82) is 0 Å². The summed E-state index contributed by atoms with van der Waals surface area (Å²) in [4.78, 5) is 14.9. The molecule has 2 N–H and O–H groups in total. The highest BCUT2D eigenvalue weighted by molar-refractivity contribution is 6.08. The fourth-order valence-corrected chi connectivity index (χ4v) is 3.20. The molecule has 120 valence electrons. The zero-order chi connectivity index (χ0) is 16.7. The summed E-state index contributed by atoms with van der Waals surface area (Å²) < 4.78 is 1.83. The molecule has 1 aromatic heterocycles. The second kappa shape index (κ2) is 5.53. The normalized spacial score (nSPS) is 13.1. The van der Waals surface area contributed by atoms with E-state index in [-0.39, 0.29) is 5.91 Å². The van der Waals surface area contributed by atoms with Crippen LogP contribution in [-0.2, 0) is 13.5 Å². The van der Waals surface area contributed by atoms with Gasteiger partial charge in [-0.25, -0.2) is 0 Å². The lowest BCUT2D eigenvalue weighted by Crippen LogP contribution is -2.32. The third-order valence-electron chi connectivity index (χ3n) is 4.36. The highest BCUT2D eigenvalue weighted by atomic mass is 16.2. The van der Waals surface area contributed by atoms with Crippen LogP contribution < -0.4 is 10.6 Å². The molecular formula is C19H18N4O. The zero-order valence-electron chi connectivity index (χ0n) is 13.4. The summed E-state index contributed by atoms with van der Waals surface area (Å²) in [5.74, 6) is -0.0167. The van der Waals surface area contributed by atoms with Gasteiger partial charge in [0.1, 0.15) is 0 Å². The molecule has 0 saturated carbocycles. The highest BCUT2D eigenvalue weighted by Crippen LogP contribution is 2.35. The van der Waals surface area contributed by atoms with Gasteiger partial charge in [0.25, 0.3) is 5.91 Å². The maximum absolute atomic E-state index is 13.0. The molecule has 2 aromatic carbocycles. The van der Waals surface area contributed by atoms with Crippen LogP contribution in [0.2, 0.25) is 0 Å². The van der Waals surface area contributed by atoms with Gasteiger partial charge in [-0.2, -0.15) is 5.10 Å². The molecule has 0 saturated heterocycles. The van der Waals surface area contributed by atoms with Crippen LogP contribution in [0.1, 0.15) is 15.9 Å². The molecule has 3 aromatic rings. The molecule has 0 fully saturated rings. The molecule has 1 aliphatic rings. The number of aryl methyl sites for hydroxylation is 1. The summed E-state index contributed by atoms with van der Waals surface area (Å²) in [5, 5.41) is 4.59. The van der Waals surface area contributed by atoms with Gasteiger partial charge >= 0.3 is 0 Å². The molecule has 0 spiro atoms. The summed E-state index contributed by atoms with van der Waals surface area (Å²) in [6.45, 7) is 0.624. The third-order valence-corrected chi connectivity index (χ3v) is 4.36. The molecule has 0 unspecified atom stereocenters. The number of amides is 1. The summed E-state index contributed by atoms with van der Waals surface area (Å²) in [6.07, 6.45) is 2.81. The Labute approximate surface area is 140 Å². The van der Waals surface area contributed by atoms with Crippen molar-refractivity contribution in [2.45, 2.75) is 6.42 Å². The Morgan fingerprint density at radius 1 is 1.12 bits per heavy atom. The van der Waals surface area contributed by atoms with Crippen LogP contribution >= 0.6 is 0 Å². The van der Waals surface area contributed by atoms with Crippen LogP contribution in [0.4, 0.5) is 11.4 Å². The number of fused-ring (bicyclic) bond motifs is 3. The lowest BCUT2D eigenvalue weighted by atomic mass is 10.1. The minimum absolute atomic E-state index is 0.0167. The van der Waals surface area contributed by atoms with Crippen molar-refractivity contribution < 1.29 is 4.79 Å². The number of carbonyl (C=O) groups is 1. The number of aromatic nitrogens is 2. The molecule has 1 amide bonds. The number of nitrogen functional groups attached to an aromatic ring is 1. The number of anilines is 2. The molecule has 2 heterocycles. The average Bonchev–Trinajstić information content (AvgIpc) is 2.89. The third kappa shape index (κ3) is 2.34. The predicted molar refractivity (Wildman–Crippen MR) is 94.9 cm³/mol. The van der Waals surface area contributed by atoms with Crippen molar-refractivity contribution in [3.05, 3.63) is 65.9 Å². The SMILES string of the molecule is Cn1cc2c(n1)-c1ccccc1N(C(=O)c1ccc(N)cc1)CC2. The Morgan fingerprint density at radius 3 is 2.67 bits per heavy atom. The lowest BCUT2D eigenvalue weighted by Gasteiger charge is -2.23. The Kier molecular flexibility index (Phi) is 3.34. The van der Waals surface area contributed by atoms with Gasteiger partial charge in [0.15, 0.2) is 0 Å². The highest BCUT2D eigenvalue weighted by Gasteiger charge is 2.26. The van der Waals surface area contributed by atoms with E-state index in [1.807, 2.05) is 47.1 Å². The first kappa shape index (κ1) is 14.5. The first-order valence-electron chi connectivity index (χ1n) is 7.93. The maximum Gasteiger partial charge on any atom is 0.258 e. The molecular weight excluding hydrogens is 300 g/mol. The second-order valence-electron chi connectivity index (χ2n) is 6.02. The topological polar surface area (TPSA) is 64.2 Å². The van der Waals surface area contributed by atoms with Crippen molar-refractivity contribution in [3.63, 3.8) is 0 Å². The van der Waals surface area contributed by atoms with E-state index < -0.39 is 0 Å². The molecule has 0 bridgehead atoms. The maximum atomic E-state index is 13.0. The van der Waals surface area contributed by atoms with Crippen LogP contribution in [0.25, 0.3) is 11.3 Å². The van der Waals surface area contributed by atoms with E-state index >= 15 is 0 Å². The molecule has 5 nitrogen and oxygen atoms in total. The summed E-state index contributed by atoms with van der Waals surface area (Å²) in [6, 6.07) is 15.0. The smallest absolute Gasteiger partial charge is 0.258 e. The Morgan fingerprint density at radius 2 is 1.88 bits per heavy atom. The van der Waals surface area contributed by atoms with Crippen LogP contribution in [0.3, 0.4) is 0 Å². The standard InChI is InChI=1S/C19H18N4O/c1-22-12-14-10-11-23(19(24)13-6-8-15(20)9-7-13)17-5-3-2-4-16(17)18(14)21-22/h2-9,12H,10-11,20H2,1H3. The van der Waals surface area contributed by atoms with Crippen molar-refractivity contribution in [3.8, 4) is 11.3 Å². The average molecular weight is 318 g/mol. The molecule has 24 heavy (non-hydrogen) atoms. The van der Waals surface area contributed by atoms with Gasteiger partial charge in [-0.3, -0.25) is 9.48 Å². The fourth-order valence-electron chi connectivity index (χ4n) is 3.20. The van der Waals surface area contributed by atoms with Crippen LogP contribution in [-0.4, -0.2) is 22.2 Å². The van der Waals surface area contributed by atoms with E-state index in [1.165, 1.54) is 0 Å². The van der Waals surface area contributed by atoms with Crippen LogP contribution in [0.5, 0.6) is 0 Å². The number of para-hydroxylation sites is 1. The van der Waals surface area contributed by atoms with Gasteiger partial charge in [0, 0.05) is 36.6 Å². The van der Waals surface area contributed by atoms with Gasteiger partial charge in [0.2, 0.25) is 0 Å². The number of hydrogen-bond donors (Lipinski definition) is 1. The minimum atomic E-state index is -0.0167. The van der Waals surface area contributed by atoms with E-state index in [1.54, 1.807) is 24.3 Å². The number of hydrogen-bond acceptors (Lipinski definition) is 3. The number of nitrogens with zero attached hydrogens (tertiary/aromatic N) is 3. The van der Waals surface area contributed by atoms with Gasteiger partial charge in [-0.1, -0.05) is 18.2 Å². The Bertz CT molecular complexity index is 911. The van der Waals surface area contributed by atoms with E-state index in [0.29, 0.717) is 17.8 Å². The molecule has 1 aliphatic heterocycles. The molecule has 0 radical (unpaired) electrons. The van der Waals surface area contributed by atoms with Gasteiger partial charge < -0.3 is 10.6 Å². The fraction of sp³-hybridized carbons (Fsp3) is 0.158. The minimum Gasteiger partial charge on any atom is -0.399 e. The summed E-state index contributed by atoms with van der Waals surface area (Å²) in [7, 11) is 1.93. The largest absolute Gasteiger partial charge is 0.399 e. The molecule has 0 atom stereocenters. The number of nitrogens with two attached hydrogens (primary N) is 1. The Hall–Kier alpha value is -3.08. The number of carbonyl (C=O) groups excluding carboxylic acids is 1. The van der Waals surface area contributed by atoms with Crippen molar-refractivity contribution in [2.24, 2.45) is 7.05 Å². The first-order chi connectivity index (χ1) is 11.6. The first-order valence-corrected chi connectivity index (χ1v) is 7.93. The number of benzene rings is 2. The number of rotatable bonds is 1. The van der Waals surface area contributed by atoms with E-state index in [9.17, 15) is 4.79 Å². The van der Waals surface area contributed by atoms with E-state index in [0.717, 1.165) is 28.9 Å². The zero-order valence-corrected chi connectivity index (χ0v) is 13.4. The molecule has 4 rings (SSSR count). The van der Waals surface area contributed by atoms with Crippen molar-refractivity contribution in [2.75, 3.05) is 17.2 Å². The van der Waals surface area contributed by atoms with Crippen LogP contribution in [0, 0.1) is 0 Å². The molecule has 5 heteroatoms.